The van der Waals surface area contributed by atoms with Crippen LogP contribution in [0.5, 0.6) is 5.75 Å². The van der Waals surface area contributed by atoms with Crippen LogP contribution < -0.4 is 10.1 Å². The topological polar surface area (TPSA) is 84.6 Å². The van der Waals surface area contributed by atoms with E-state index in [0.717, 1.165) is 31.4 Å². The Labute approximate surface area is 117 Å². The summed E-state index contributed by atoms with van der Waals surface area (Å²) in [5.74, 6) is 0.613. The summed E-state index contributed by atoms with van der Waals surface area (Å²) in [6.45, 7) is 3.25. The molecule has 0 saturated heterocycles. The van der Waals surface area contributed by atoms with Gasteiger partial charge < -0.3 is 15.2 Å². The average Bonchev–Trinajstić information content (AvgIpc) is 2.83. The van der Waals surface area contributed by atoms with E-state index in [-0.39, 0.29) is 11.8 Å². The third kappa shape index (κ3) is 3.46. The Hall–Kier alpha value is -1.66. The lowest BCUT2D eigenvalue weighted by molar-refractivity contribution is -0.384. The van der Waals surface area contributed by atoms with Gasteiger partial charge in [0.15, 0.2) is 0 Å². The van der Waals surface area contributed by atoms with Crippen molar-refractivity contribution in [2.45, 2.75) is 44.9 Å². The molecule has 2 N–H and O–H groups in total. The lowest BCUT2D eigenvalue weighted by Gasteiger charge is -2.19. The predicted octanol–water partition coefficient (Wildman–Crippen LogP) is 2.00. The van der Waals surface area contributed by atoms with Gasteiger partial charge in [0.2, 0.25) is 0 Å². The van der Waals surface area contributed by atoms with Crippen molar-refractivity contribution in [1.29, 1.82) is 0 Å². The number of rotatable bonds is 6. The molecule has 6 heteroatoms. The minimum absolute atomic E-state index is 0.0530. The van der Waals surface area contributed by atoms with Crippen LogP contribution in [0.1, 0.15) is 31.7 Å². The third-order valence-corrected chi connectivity index (χ3v) is 3.52. The number of non-ortho nitro benzene ring substituents is 1. The molecule has 0 aromatic heterocycles. The van der Waals surface area contributed by atoms with Crippen LogP contribution >= 0.6 is 0 Å². The molecule has 2 rings (SSSR count). The van der Waals surface area contributed by atoms with Gasteiger partial charge in [0, 0.05) is 24.2 Å². The Morgan fingerprint density at radius 3 is 2.90 bits per heavy atom. The monoisotopic (exact) mass is 280 g/mol. The molecule has 0 amide bonds. The van der Waals surface area contributed by atoms with Gasteiger partial charge >= 0.3 is 0 Å². The zero-order chi connectivity index (χ0) is 14.5. The molecule has 2 atom stereocenters. The zero-order valence-electron chi connectivity index (χ0n) is 11.5. The van der Waals surface area contributed by atoms with E-state index in [0.29, 0.717) is 12.3 Å². The van der Waals surface area contributed by atoms with Crippen LogP contribution in [0.15, 0.2) is 18.2 Å². The fraction of sp³-hybridized carbons (Fsp3) is 0.571. The number of nitro groups is 1. The first-order valence-corrected chi connectivity index (χ1v) is 6.94. The molecule has 6 nitrogen and oxygen atoms in total. The van der Waals surface area contributed by atoms with E-state index in [1.54, 1.807) is 6.07 Å². The number of aliphatic hydroxyl groups excluding tert-OH is 1. The van der Waals surface area contributed by atoms with Crippen LogP contribution in [0.2, 0.25) is 0 Å². The van der Waals surface area contributed by atoms with Gasteiger partial charge in [0.25, 0.3) is 5.69 Å². The Balaban J connectivity index is 2.18. The second kappa shape index (κ2) is 6.67. The Morgan fingerprint density at radius 1 is 1.50 bits per heavy atom. The normalized spacial score (nSPS) is 21.9. The summed E-state index contributed by atoms with van der Waals surface area (Å²) in [4.78, 5) is 10.4. The zero-order valence-corrected chi connectivity index (χ0v) is 11.5. The van der Waals surface area contributed by atoms with Gasteiger partial charge in [-0.05, 0) is 31.9 Å². The van der Waals surface area contributed by atoms with Crippen LogP contribution in [0.25, 0.3) is 0 Å². The van der Waals surface area contributed by atoms with Gasteiger partial charge in [-0.3, -0.25) is 10.1 Å². The maximum absolute atomic E-state index is 10.8. The second-order valence-corrected chi connectivity index (χ2v) is 4.98. The van der Waals surface area contributed by atoms with Crippen molar-refractivity contribution < 1.29 is 14.8 Å². The van der Waals surface area contributed by atoms with E-state index in [4.69, 9.17) is 4.74 Å². The molecule has 0 spiro atoms. The van der Waals surface area contributed by atoms with Gasteiger partial charge in [0.05, 0.1) is 11.0 Å². The molecule has 0 aliphatic heterocycles. The quantitative estimate of drug-likeness (QED) is 0.615. The van der Waals surface area contributed by atoms with Crippen molar-refractivity contribution in [2.75, 3.05) is 6.54 Å². The minimum Gasteiger partial charge on any atom is -0.487 e. The number of aliphatic hydroxyl groups is 1. The number of hydrogen-bond donors (Lipinski definition) is 2. The van der Waals surface area contributed by atoms with E-state index >= 15 is 0 Å². The molecule has 2 unspecified atom stereocenters. The van der Waals surface area contributed by atoms with E-state index in [9.17, 15) is 15.2 Å². The largest absolute Gasteiger partial charge is 0.487 e. The minimum atomic E-state index is -0.447. The molecule has 1 aromatic rings. The molecule has 0 bridgehead atoms. The van der Waals surface area contributed by atoms with Gasteiger partial charge in [-0.15, -0.1) is 0 Å². The predicted molar refractivity (Wildman–Crippen MR) is 74.8 cm³/mol. The van der Waals surface area contributed by atoms with E-state index < -0.39 is 11.0 Å². The third-order valence-electron chi connectivity index (χ3n) is 3.52. The van der Waals surface area contributed by atoms with Crippen molar-refractivity contribution in [3.63, 3.8) is 0 Å². The first kappa shape index (κ1) is 14.7. The summed E-state index contributed by atoms with van der Waals surface area (Å²) >= 11 is 0. The summed E-state index contributed by atoms with van der Waals surface area (Å²) in [5, 5.41) is 23.8. The maximum Gasteiger partial charge on any atom is 0.270 e. The van der Waals surface area contributed by atoms with E-state index in [1.807, 2.05) is 6.92 Å². The van der Waals surface area contributed by atoms with Crippen LogP contribution in [-0.4, -0.2) is 28.8 Å². The van der Waals surface area contributed by atoms with Gasteiger partial charge in [-0.25, -0.2) is 0 Å². The highest BCUT2D eigenvalue weighted by Crippen LogP contribution is 2.29. The first-order valence-electron chi connectivity index (χ1n) is 6.94. The summed E-state index contributed by atoms with van der Waals surface area (Å²) in [6.07, 6.45) is 1.86. The van der Waals surface area contributed by atoms with Crippen LogP contribution in [0.4, 0.5) is 5.69 Å². The standard InChI is InChI=1S/C14H20N2O4/c1-2-15-9-10-8-11(16(18)19)6-7-13(10)20-14-5-3-4-12(14)17/h6-8,12,14-15,17H,2-5,9H2,1H3. The molecular weight excluding hydrogens is 260 g/mol. The summed E-state index contributed by atoms with van der Waals surface area (Å²) < 4.78 is 5.84. The van der Waals surface area contributed by atoms with Crippen LogP contribution in [0, 0.1) is 10.1 Å². The number of nitrogens with zero attached hydrogens (tertiary/aromatic N) is 1. The van der Waals surface area contributed by atoms with Crippen molar-refractivity contribution in [1.82, 2.24) is 5.32 Å². The molecule has 0 heterocycles. The molecular formula is C14H20N2O4. The fourth-order valence-electron chi connectivity index (χ4n) is 2.40. The van der Waals surface area contributed by atoms with Crippen molar-refractivity contribution >= 4 is 5.69 Å². The maximum atomic E-state index is 10.8. The lowest BCUT2D eigenvalue weighted by Crippen LogP contribution is -2.26. The fourth-order valence-corrected chi connectivity index (χ4v) is 2.40. The van der Waals surface area contributed by atoms with Gasteiger partial charge in [0.1, 0.15) is 11.9 Å². The highest BCUT2D eigenvalue weighted by atomic mass is 16.6. The Bertz CT molecular complexity index is 478. The molecule has 1 saturated carbocycles. The van der Waals surface area contributed by atoms with Gasteiger partial charge in [-0.1, -0.05) is 6.92 Å². The first-order chi connectivity index (χ1) is 9.61. The average molecular weight is 280 g/mol. The number of nitro benzene ring substituents is 1. The molecule has 1 fully saturated rings. The Kier molecular flexibility index (Phi) is 4.92. The molecule has 1 aliphatic rings. The number of benzene rings is 1. The lowest BCUT2D eigenvalue weighted by atomic mass is 10.1. The molecule has 1 aliphatic carbocycles. The summed E-state index contributed by atoms with van der Waals surface area (Å²) in [5.41, 5.74) is 0.803. The summed E-state index contributed by atoms with van der Waals surface area (Å²) in [6, 6.07) is 4.58. The smallest absolute Gasteiger partial charge is 0.270 e. The summed E-state index contributed by atoms with van der Waals surface area (Å²) in [7, 11) is 0. The number of hydrogen-bond acceptors (Lipinski definition) is 5. The van der Waals surface area contributed by atoms with Crippen molar-refractivity contribution in [2.24, 2.45) is 0 Å². The van der Waals surface area contributed by atoms with Crippen LogP contribution in [-0.2, 0) is 6.54 Å². The van der Waals surface area contributed by atoms with Gasteiger partial charge in [-0.2, -0.15) is 0 Å². The Morgan fingerprint density at radius 2 is 2.30 bits per heavy atom. The second-order valence-electron chi connectivity index (χ2n) is 4.98. The number of ether oxygens (including phenoxy) is 1. The molecule has 1 aromatic carbocycles. The molecule has 0 radical (unpaired) electrons. The van der Waals surface area contributed by atoms with Crippen molar-refractivity contribution in [3.8, 4) is 5.75 Å². The highest BCUT2D eigenvalue weighted by Gasteiger charge is 2.27. The van der Waals surface area contributed by atoms with E-state index in [1.165, 1.54) is 12.1 Å². The van der Waals surface area contributed by atoms with E-state index in [2.05, 4.69) is 5.32 Å². The van der Waals surface area contributed by atoms with Crippen molar-refractivity contribution in [3.05, 3.63) is 33.9 Å². The van der Waals surface area contributed by atoms with Crippen LogP contribution in [0.3, 0.4) is 0 Å². The molecule has 110 valence electrons. The molecule has 20 heavy (non-hydrogen) atoms. The highest BCUT2D eigenvalue weighted by molar-refractivity contribution is 5.44. The number of nitrogens with one attached hydrogen (secondary N) is 1. The SMILES string of the molecule is CCNCc1cc([N+](=O)[O-])ccc1OC1CCCC1O.